The van der Waals surface area contributed by atoms with Crippen molar-refractivity contribution >= 4 is 65.6 Å². The maximum atomic E-state index is 2.56. The van der Waals surface area contributed by atoms with Crippen molar-refractivity contribution < 1.29 is 0 Å². The van der Waals surface area contributed by atoms with Gasteiger partial charge in [0.15, 0.2) is 0 Å². The van der Waals surface area contributed by atoms with Crippen LogP contribution in [0.4, 0.5) is 34.1 Å². The Morgan fingerprint density at radius 1 is 0.247 bits per heavy atom. The average molecular weight is 999 g/mol. The molecule has 0 fully saturated rings. The van der Waals surface area contributed by atoms with E-state index in [1.54, 1.807) is 0 Å². The number of fused-ring (bicyclic) bond motifs is 9. The molecule has 3 heteroatoms. The van der Waals surface area contributed by atoms with Crippen molar-refractivity contribution in [3.05, 3.63) is 348 Å². The molecule has 362 valence electrons. The zero-order chi connectivity index (χ0) is 50.9. The van der Waals surface area contributed by atoms with Gasteiger partial charge in [0.2, 0.25) is 0 Å². The summed E-state index contributed by atoms with van der Waals surface area (Å²) in [6, 6.07) is 113. The number of benzene rings is 12. The second-order valence-electron chi connectivity index (χ2n) is 20.3. The minimum atomic E-state index is -0.665. The Balaban J connectivity index is 1.02. The van der Waals surface area contributed by atoms with E-state index in [1.165, 1.54) is 86.9 Å². The van der Waals surface area contributed by atoms with Crippen molar-refractivity contribution in [2.75, 3.05) is 9.80 Å². The molecule has 1 heterocycles. The monoisotopic (exact) mass is 998 g/mol. The SMILES string of the molecule is c1ccc(N(c2cccc(N(c3cccc(C4(c5ccccc5)c5ccccc5-c5ccccc54)c3)c3cccc4c3C(c3ccccc3)(c3ccccc3)c3ccccc3-4)c2)c2ccc3sc4ccccc4c3c2)cc1. The van der Waals surface area contributed by atoms with Gasteiger partial charge in [0.25, 0.3) is 0 Å². The molecule has 13 aromatic rings. The van der Waals surface area contributed by atoms with Crippen molar-refractivity contribution in [3.63, 3.8) is 0 Å². The summed E-state index contributed by atoms with van der Waals surface area (Å²) < 4.78 is 2.58. The Bertz CT molecular complexity index is 4270. The minimum absolute atomic E-state index is 0.598. The summed E-state index contributed by atoms with van der Waals surface area (Å²) in [5.74, 6) is 0. The van der Waals surface area contributed by atoms with Crippen molar-refractivity contribution in [2.45, 2.75) is 10.8 Å². The van der Waals surface area contributed by atoms with Gasteiger partial charge in [0.1, 0.15) is 0 Å². The summed E-state index contributed by atoms with van der Waals surface area (Å²) in [6.07, 6.45) is 0. The van der Waals surface area contributed by atoms with Gasteiger partial charge in [0.05, 0.1) is 16.5 Å². The fourth-order valence-corrected chi connectivity index (χ4v) is 14.4. The molecule has 0 bridgehead atoms. The highest BCUT2D eigenvalue weighted by atomic mass is 32.1. The largest absolute Gasteiger partial charge is 0.310 e. The van der Waals surface area contributed by atoms with Gasteiger partial charge in [0, 0.05) is 54.2 Å². The smallest absolute Gasteiger partial charge is 0.0734 e. The van der Waals surface area contributed by atoms with Crippen molar-refractivity contribution in [2.24, 2.45) is 0 Å². The van der Waals surface area contributed by atoms with Crippen LogP contribution >= 0.6 is 11.3 Å². The third kappa shape index (κ3) is 6.80. The summed E-state index contributed by atoms with van der Waals surface area (Å²) >= 11 is 1.85. The Kier molecular flexibility index (Phi) is 10.6. The van der Waals surface area contributed by atoms with Gasteiger partial charge in [-0.1, -0.05) is 231 Å². The van der Waals surface area contributed by atoms with E-state index in [0.717, 1.165) is 34.1 Å². The molecule has 0 atom stereocenters. The predicted molar refractivity (Wildman–Crippen MR) is 323 cm³/mol. The lowest BCUT2D eigenvalue weighted by Crippen LogP contribution is -2.31. The second kappa shape index (κ2) is 18.1. The van der Waals surface area contributed by atoms with Crippen LogP contribution in [0.1, 0.15) is 44.5 Å². The number of rotatable bonds is 10. The van der Waals surface area contributed by atoms with E-state index in [4.69, 9.17) is 0 Å². The lowest BCUT2D eigenvalue weighted by molar-refractivity contribution is 0.765. The molecule has 0 unspecified atom stereocenters. The third-order valence-electron chi connectivity index (χ3n) is 16.4. The Morgan fingerprint density at radius 3 is 1.30 bits per heavy atom. The van der Waals surface area contributed by atoms with E-state index in [0.29, 0.717) is 0 Å². The first kappa shape index (κ1) is 44.9. The van der Waals surface area contributed by atoms with E-state index in [2.05, 4.69) is 313 Å². The summed E-state index contributed by atoms with van der Waals surface area (Å²) in [7, 11) is 0. The fourth-order valence-electron chi connectivity index (χ4n) is 13.3. The molecular formula is C74H50N2S. The molecule has 0 radical (unpaired) electrons. The number of thiophene rings is 1. The summed E-state index contributed by atoms with van der Waals surface area (Å²) in [5.41, 5.74) is 20.2. The molecule has 0 spiro atoms. The molecule has 0 saturated heterocycles. The second-order valence-corrected chi connectivity index (χ2v) is 21.4. The quantitative estimate of drug-likeness (QED) is 0.135. The van der Waals surface area contributed by atoms with Crippen LogP contribution in [-0.4, -0.2) is 0 Å². The number of hydrogen-bond acceptors (Lipinski definition) is 3. The van der Waals surface area contributed by atoms with Crippen LogP contribution in [0.2, 0.25) is 0 Å². The predicted octanol–water partition coefficient (Wildman–Crippen LogP) is 19.7. The standard InChI is InChI=1S/C74H50N2S/c1-5-24-51(25-6-1)73(66-41-17-13-36-60(66)61-37-14-18-42-67(61)73)54-30-21-33-56(48-54)76(69-44-23-40-64-62-38-15-19-43-68(62)74(72(64)69,52-26-7-2-8-27-52)53-28-9-3-10-29-53)58-35-22-34-57(49-58)75(55-31-11-4-12-32-55)59-46-47-71-65(50-59)63-39-16-20-45-70(63)77-71/h1-50H. The first-order valence-corrected chi connectivity index (χ1v) is 27.4. The zero-order valence-corrected chi connectivity index (χ0v) is 43.0. The lowest BCUT2D eigenvalue weighted by Gasteiger charge is -2.39. The first-order chi connectivity index (χ1) is 38.2. The van der Waals surface area contributed by atoms with Crippen LogP contribution < -0.4 is 9.80 Å². The third-order valence-corrected chi connectivity index (χ3v) is 17.5. The van der Waals surface area contributed by atoms with E-state index in [1.807, 2.05) is 11.3 Å². The van der Waals surface area contributed by atoms with Crippen molar-refractivity contribution in [1.29, 1.82) is 0 Å². The average Bonchev–Trinajstić information content (AvgIpc) is 4.12. The molecule has 0 saturated carbocycles. The number of anilines is 6. The van der Waals surface area contributed by atoms with Gasteiger partial charge in [-0.15, -0.1) is 11.3 Å². The molecule has 15 rings (SSSR count). The van der Waals surface area contributed by atoms with Crippen molar-refractivity contribution in [1.82, 2.24) is 0 Å². The van der Waals surface area contributed by atoms with E-state index in [9.17, 15) is 0 Å². The highest BCUT2D eigenvalue weighted by Gasteiger charge is 2.49. The summed E-state index contributed by atoms with van der Waals surface area (Å²) in [6.45, 7) is 0. The number of nitrogens with zero attached hydrogens (tertiary/aromatic N) is 2. The summed E-state index contributed by atoms with van der Waals surface area (Å²) in [5, 5.41) is 2.54. The Morgan fingerprint density at radius 2 is 0.662 bits per heavy atom. The van der Waals surface area contributed by atoms with Crippen LogP contribution in [-0.2, 0) is 10.8 Å². The van der Waals surface area contributed by atoms with Crippen LogP contribution in [0.5, 0.6) is 0 Å². The highest BCUT2D eigenvalue weighted by molar-refractivity contribution is 7.25. The molecule has 0 amide bonds. The zero-order valence-electron chi connectivity index (χ0n) is 42.2. The lowest BCUT2D eigenvalue weighted by atomic mass is 9.67. The van der Waals surface area contributed by atoms with Gasteiger partial charge >= 0.3 is 0 Å². The minimum Gasteiger partial charge on any atom is -0.310 e. The van der Waals surface area contributed by atoms with Gasteiger partial charge in [-0.2, -0.15) is 0 Å². The fraction of sp³-hybridized carbons (Fsp3) is 0.0270. The van der Waals surface area contributed by atoms with E-state index < -0.39 is 10.8 Å². The Hall–Kier alpha value is -9.54. The molecule has 2 aliphatic rings. The normalized spacial score (nSPS) is 13.4. The van der Waals surface area contributed by atoms with Crippen LogP contribution in [0.3, 0.4) is 0 Å². The van der Waals surface area contributed by atoms with Crippen LogP contribution in [0.15, 0.2) is 303 Å². The highest BCUT2D eigenvalue weighted by Crippen LogP contribution is 2.61. The van der Waals surface area contributed by atoms with Crippen molar-refractivity contribution in [3.8, 4) is 22.3 Å². The summed E-state index contributed by atoms with van der Waals surface area (Å²) in [4.78, 5) is 4.98. The molecule has 1 aromatic heterocycles. The number of para-hydroxylation sites is 1. The molecule has 2 nitrogen and oxygen atoms in total. The molecule has 12 aromatic carbocycles. The maximum Gasteiger partial charge on any atom is 0.0734 e. The molecule has 0 N–H and O–H groups in total. The molecule has 0 aliphatic heterocycles. The van der Waals surface area contributed by atoms with Crippen LogP contribution in [0.25, 0.3) is 42.4 Å². The van der Waals surface area contributed by atoms with E-state index in [-0.39, 0.29) is 0 Å². The van der Waals surface area contributed by atoms with Gasteiger partial charge in [-0.25, -0.2) is 0 Å². The molecule has 2 aliphatic carbocycles. The topological polar surface area (TPSA) is 6.48 Å². The first-order valence-electron chi connectivity index (χ1n) is 26.6. The number of hydrogen-bond donors (Lipinski definition) is 0. The van der Waals surface area contributed by atoms with Gasteiger partial charge < -0.3 is 9.80 Å². The molecular weight excluding hydrogens is 949 g/mol. The Labute approximate surface area is 453 Å². The maximum absolute atomic E-state index is 2.56. The van der Waals surface area contributed by atoms with E-state index >= 15 is 0 Å². The van der Waals surface area contributed by atoms with Crippen LogP contribution in [0, 0.1) is 0 Å². The molecule has 77 heavy (non-hydrogen) atoms. The van der Waals surface area contributed by atoms with Gasteiger partial charge in [-0.05, 0) is 134 Å². The van der Waals surface area contributed by atoms with Gasteiger partial charge in [-0.3, -0.25) is 0 Å².